The molecule has 33 heavy (non-hydrogen) atoms. The number of anilines is 2. The lowest BCUT2D eigenvalue weighted by Crippen LogP contribution is -2.33. The molecule has 0 saturated heterocycles. The predicted octanol–water partition coefficient (Wildman–Crippen LogP) is 4.96. The predicted molar refractivity (Wildman–Crippen MR) is 112 cm³/mol. The van der Waals surface area contributed by atoms with E-state index in [-0.39, 0.29) is 22.3 Å². The van der Waals surface area contributed by atoms with Gasteiger partial charge in [0.15, 0.2) is 0 Å². The van der Waals surface area contributed by atoms with Gasteiger partial charge in [0.05, 0.1) is 44.2 Å². The molecule has 0 spiro atoms. The maximum absolute atomic E-state index is 14.1. The monoisotopic (exact) mass is 470 g/mol. The first-order chi connectivity index (χ1) is 15.6. The lowest BCUT2D eigenvalue weighted by atomic mass is 10.1. The minimum absolute atomic E-state index is 0.0246. The van der Waals surface area contributed by atoms with E-state index in [1.165, 1.54) is 48.5 Å². The second-order valence-corrected chi connectivity index (χ2v) is 7.71. The van der Waals surface area contributed by atoms with Gasteiger partial charge in [0.2, 0.25) is 0 Å². The zero-order valence-corrected chi connectivity index (χ0v) is 17.1. The summed E-state index contributed by atoms with van der Waals surface area (Å²) in [6.07, 6.45) is -5.04. The number of nitrogens with zero attached hydrogens (tertiary/aromatic N) is 2. The van der Waals surface area contributed by atoms with Crippen molar-refractivity contribution in [3.05, 3.63) is 93.5 Å². The van der Waals surface area contributed by atoms with E-state index in [0.717, 1.165) is 6.07 Å². The van der Waals surface area contributed by atoms with Crippen LogP contribution < -0.4 is 9.80 Å². The molecule has 0 N–H and O–H groups in total. The third kappa shape index (κ3) is 2.96. The number of hydrogen-bond donors (Lipinski definition) is 0. The lowest BCUT2D eigenvalue weighted by molar-refractivity contribution is -0.137. The first kappa shape index (κ1) is 20.9. The van der Waals surface area contributed by atoms with Crippen LogP contribution in [0.4, 0.5) is 24.5 Å². The van der Waals surface area contributed by atoms with Crippen molar-refractivity contribution >= 4 is 46.6 Å². The van der Waals surface area contributed by atoms with Gasteiger partial charge in [-0.1, -0.05) is 35.9 Å². The maximum Gasteiger partial charge on any atom is 0.418 e. The molecule has 0 saturated carbocycles. The summed E-state index contributed by atoms with van der Waals surface area (Å²) < 4.78 is 42.2. The second kappa shape index (κ2) is 7.01. The number of rotatable bonds is 2. The summed E-state index contributed by atoms with van der Waals surface area (Å²) in [7, 11) is 0. The highest BCUT2D eigenvalue weighted by molar-refractivity contribution is 6.41. The highest BCUT2D eigenvalue weighted by atomic mass is 35.5. The van der Waals surface area contributed by atoms with Crippen LogP contribution in [0.25, 0.3) is 0 Å². The summed E-state index contributed by atoms with van der Waals surface area (Å²) in [5.41, 5.74) is -2.73. The molecule has 6 nitrogen and oxygen atoms in total. The number of halogens is 4. The van der Waals surface area contributed by atoms with Crippen LogP contribution >= 0.6 is 11.6 Å². The lowest BCUT2D eigenvalue weighted by Gasteiger charge is -2.23. The molecule has 0 bridgehead atoms. The molecular weight excluding hydrogens is 461 g/mol. The Kier molecular flexibility index (Phi) is 4.44. The topological polar surface area (TPSA) is 74.8 Å². The third-order valence-corrected chi connectivity index (χ3v) is 5.74. The van der Waals surface area contributed by atoms with Gasteiger partial charge in [0.1, 0.15) is 0 Å². The molecule has 0 atom stereocenters. The Bertz CT molecular complexity index is 1350. The molecule has 2 heterocycles. The molecule has 2 aliphatic rings. The molecular formula is C23H10ClF3N2O4. The zero-order chi connectivity index (χ0) is 23.7. The molecule has 3 aromatic rings. The van der Waals surface area contributed by atoms with Gasteiger partial charge in [-0.2, -0.15) is 13.2 Å². The number of alkyl halides is 3. The van der Waals surface area contributed by atoms with E-state index < -0.39 is 51.8 Å². The highest BCUT2D eigenvalue weighted by Crippen LogP contribution is 2.45. The minimum atomic E-state index is -5.04. The van der Waals surface area contributed by atoms with Gasteiger partial charge in [0, 0.05) is 0 Å². The van der Waals surface area contributed by atoms with E-state index >= 15 is 0 Å². The van der Waals surface area contributed by atoms with E-state index in [4.69, 9.17) is 11.6 Å². The summed E-state index contributed by atoms with van der Waals surface area (Å²) in [5, 5.41) is -0.413. The fraction of sp³-hybridized carbons (Fsp3) is 0.0435. The van der Waals surface area contributed by atoms with Crippen LogP contribution in [0.3, 0.4) is 0 Å². The summed E-state index contributed by atoms with van der Waals surface area (Å²) in [4.78, 5) is 52.0. The van der Waals surface area contributed by atoms with Gasteiger partial charge in [0.25, 0.3) is 23.6 Å². The Labute approximate surface area is 188 Å². The van der Waals surface area contributed by atoms with Crippen LogP contribution in [-0.4, -0.2) is 23.6 Å². The Balaban J connectivity index is 1.68. The van der Waals surface area contributed by atoms with Gasteiger partial charge in [-0.25, -0.2) is 9.80 Å². The summed E-state index contributed by atoms with van der Waals surface area (Å²) in [6.45, 7) is 0. The van der Waals surface area contributed by atoms with E-state index in [1.807, 2.05) is 0 Å². The van der Waals surface area contributed by atoms with Crippen LogP contribution in [0.2, 0.25) is 5.02 Å². The van der Waals surface area contributed by atoms with Crippen LogP contribution in [0.5, 0.6) is 0 Å². The van der Waals surface area contributed by atoms with Crippen molar-refractivity contribution in [1.82, 2.24) is 0 Å². The third-order valence-electron chi connectivity index (χ3n) is 5.44. The maximum atomic E-state index is 14.1. The van der Waals surface area contributed by atoms with Gasteiger partial charge in [-0.05, 0) is 36.4 Å². The smallest absolute Gasteiger partial charge is 0.268 e. The number of carbonyl (C=O) groups excluding carboxylic acids is 4. The number of benzene rings is 3. The molecule has 0 aliphatic carbocycles. The number of carbonyl (C=O) groups is 4. The van der Waals surface area contributed by atoms with Gasteiger partial charge in [-0.15, -0.1) is 0 Å². The van der Waals surface area contributed by atoms with Crippen LogP contribution in [0.1, 0.15) is 47.0 Å². The quantitative estimate of drug-likeness (QED) is 0.496. The molecule has 10 heteroatoms. The largest absolute Gasteiger partial charge is 0.418 e. The van der Waals surface area contributed by atoms with E-state index in [0.29, 0.717) is 15.9 Å². The van der Waals surface area contributed by atoms with Crippen molar-refractivity contribution in [1.29, 1.82) is 0 Å². The minimum Gasteiger partial charge on any atom is -0.268 e. The fourth-order valence-corrected chi connectivity index (χ4v) is 4.19. The zero-order valence-electron chi connectivity index (χ0n) is 16.3. The van der Waals surface area contributed by atoms with E-state index in [1.54, 1.807) is 0 Å². The summed E-state index contributed by atoms with van der Waals surface area (Å²) in [5.74, 6) is -3.55. The number of imide groups is 2. The molecule has 0 radical (unpaired) electrons. The molecule has 3 aromatic carbocycles. The Morgan fingerprint density at radius 2 is 0.970 bits per heavy atom. The number of fused-ring (bicyclic) bond motifs is 2. The normalized spacial score (nSPS) is 15.4. The first-order valence-corrected chi connectivity index (χ1v) is 9.85. The van der Waals surface area contributed by atoms with E-state index in [2.05, 4.69) is 0 Å². The Morgan fingerprint density at radius 1 is 0.606 bits per heavy atom. The number of hydrogen-bond acceptors (Lipinski definition) is 4. The van der Waals surface area contributed by atoms with Crippen molar-refractivity contribution < 1.29 is 32.3 Å². The molecule has 0 aromatic heterocycles. The van der Waals surface area contributed by atoms with Crippen LogP contribution in [0, 0.1) is 0 Å². The van der Waals surface area contributed by atoms with Crippen molar-refractivity contribution in [2.24, 2.45) is 0 Å². The first-order valence-electron chi connectivity index (χ1n) is 9.47. The molecule has 2 aliphatic heterocycles. The Morgan fingerprint density at radius 3 is 1.33 bits per heavy atom. The van der Waals surface area contributed by atoms with Crippen molar-refractivity contribution in [3.63, 3.8) is 0 Å². The average Bonchev–Trinajstić information content (AvgIpc) is 3.18. The molecule has 5 rings (SSSR count). The fourth-order valence-electron chi connectivity index (χ4n) is 3.95. The molecule has 164 valence electrons. The summed E-state index contributed by atoms with van der Waals surface area (Å²) in [6, 6.07) is 12.7. The summed E-state index contributed by atoms with van der Waals surface area (Å²) >= 11 is 6.23. The average molecular weight is 471 g/mol. The number of amides is 4. The highest BCUT2D eigenvalue weighted by Gasteiger charge is 2.45. The molecule has 0 unspecified atom stereocenters. The van der Waals surface area contributed by atoms with Crippen LogP contribution in [-0.2, 0) is 6.18 Å². The molecule has 4 amide bonds. The van der Waals surface area contributed by atoms with Crippen molar-refractivity contribution in [2.75, 3.05) is 9.80 Å². The molecule has 0 fully saturated rings. The van der Waals surface area contributed by atoms with E-state index in [9.17, 15) is 32.3 Å². The van der Waals surface area contributed by atoms with Crippen molar-refractivity contribution in [2.45, 2.75) is 6.18 Å². The van der Waals surface area contributed by atoms with Gasteiger partial charge < -0.3 is 0 Å². The van der Waals surface area contributed by atoms with Gasteiger partial charge >= 0.3 is 6.18 Å². The standard InChI is InChI=1S/C23H10ClF3N2O4/c24-16-10-17(28-19(30)11-5-1-2-6-12(11)20(28)31)15(23(25,26)27)9-18(16)29-21(32)13-7-3-4-8-14(13)22(29)33/h1-10H. The van der Waals surface area contributed by atoms with Crippen LogP contribution in [0.15, 0.2) is 60.7 Å². The van der Waals surface area contributed by atoms with Crippen molar-refractivity contribution in [3.8, 4) is 0 Å². The SMILES string of the molecule is O=C1c2ccccc2C(=O)N1c1cc(C(F)(F)F)c(N2C(=O)c3ccccc3C2=O)cc1Cl. The second-order valence-electron chi connectivity index (χ2n) is 7.30. The van der Waals surface area contributed by atoms with Gasteiger partial charge in [-0.3, -0.25) is 19.2 Å². The Hall–Kier alpha value is -3.98.